The van der Waals surface area contributed by atoms with Crippen molar-refractivity contribution in [3.05, 3.63) is 17.6 Å². The molecule has 6 nitrogen and oxygen atoms in total. The van der Waals surface area contributed by atoms with Crippen LogP contribution < -0.4 is 0 Å². The number of aliphatic hydroxyl groups excluding tert-OH is 1. The summed E-state index contributed by atoms with van der Waals surface area (Å²) in [4.78, 5) is 0.138. The summed E-state index contributed by atoms with van der Waals surface area (Å²) >= 11 is 0. The number of aryl methyl sites for hydroxylation is 1. The fraction of sp³-hybridized carbons (Fsp3) is 0.667. The third-order valence-electron chi connectivity index (χ3n) is 3.14. The first-order chi connectivity index (χ1) is 9.00. The molecule has 7 heteroatoms. The maximum absolute atomic E-state index is 12.6. The molecule has 108 valence electrons. The summed E-state index contributed by atoms with van der Waals surface area (Å²) in [5.74, 6) is 0.575. The monoisotopic (exact) mass is 289 g/mol. The number of rotatable bonds is 7. The van der Waals surface area contributed by atoms with Gasteiger partial charge in [-0.05, 0) is 19.8 Å². The van der Waals surface area contributed by atoms with Crippen LogP contribution in [0.25, 0.3) is 0 Å². The van der Waals surface area contributed by atoms with E-state index in [0.29, 0.717) is 18.9 Å². The van der Waals surface area contributed by atoms with Crippen LogP contribution in [0, 0.1) is 6.92 Å². The Balaban J connectivity index is 2.30. The zero-order chi connectivity index (χ0) is 14.0. The van der Waals surface area contributed by atoms with E-state index in [-0.39, 0.29) is 23.3 Å². The average Bonchev–Trinajstić information content (AvgIpc) is 3.11. The van der Waals surface area contributed by atoms with Gasteiger partial charge in [0.2, 0.25) is 10.0 Å². The summed E-state index contributed by atoms with van der Waals surface area (Å²) in [5, 5.41) is 9.02. The summed E-state index contributed by atoms with van der Waals surface area (Å²) in [5.41, 5.74) is 0. The Labute approximate surface area is 113 Å². The predicted octanol–water partition coefficient (Wildman–Crippen LogP) is 0.880. The number of hydrogen-bond acceptors (Lipinski definition) is 5. The van der Waals surface area contributed by atoms with Gasteiger partial charge in [0.25, 0.3) is 0 Å². The minimum atomic E-state index is -3.58. The van der Waals surface area contributed by atoms with Crippen LogP contribution in [-0.2, 0) is 21.4 Å². The van der Waals surface area contributed by atoms with Crippen molar-refractivity contribution in [3.63, 3.8) is 0 Å². The number of methoxy groups -OCH3 is 1. The van der Waals surface area contributed by atoms with Crippen LogP contribution in [0.15, 0.2) is 15.4 Å². The molecular formula is C12H19NO5S. The fourth-order valence-corrected chi connectivity index (χ4v) is 3.88. The van der Waals surface area contributed by atoms with Crippen molar-refractivity contribution in [1.82, 2.24) is 4.31 Å². The van der Waals surface area contributed by atoms with Gasteiger partial charge in [-0.25, -0.2) is 8.42 Å². The second kappa shape index (κ2) is 5.62. The molecule has 0 unspecified atom stereocenters. The average molecular weight is 289 g/mol. The van der Waals surface area contributed by atoms with Crippen molar-refractivity contribution < 1.29 is 22.7 Å². The largest absolute Gasteiger partial charge is 0.462 e. The van der Waals surface area contributed by atoms with E-state index in [9.17, 15) is 8.42 Å². The topological polar surface area (TPSA) is 80.0 Å². The third-order valence-corrected chi connectivity index (χ3v) is 5.19. The van der Waals surface area contributed by atoms with Crippen molar-refractivity contribution in [2.45, 2.75) is 37.3 Å². The first kappa shape index (κ1) is 14.5. The lowest BCUT2D eigenvalue weighted by molar-refractivity contribution is 0.177. The van der Waals surface area contributed by atoms with Gasteiger partial charge in [-0.3, -0.25) is 0 Å². The highest BCUT2D eigenvalue weighted by atomic mass is 32.2. The number of sulfonamides is 1. The first-order valence-electron chi connectivity index (χ1n) is 6.21. The predicted molar refractivity (Wildman–Crippen MR) is 68.2 cm³/mol. The molecule has 0 amide bonds. The van der Waals surface area contributed by atoms with Gasteiger partial charge in [-0.15, -0.1) is 0 Å². The Hall–Kier alpha value is -0.890. The molecule has 1 aromatic heterocycles. The Morgan fingerprint density at radius 3 is 2.68 bits per heavy atom. The molecule has 1 aliphatic carbocycles. The van der Waals surface area contributed by atoms with E-state index in [1.807, 2.05) is 0 Å². The maximum Gasteiger partial charge on any atom is 0.246 e. The van der Waals surface area contributed by atoms with E-state index in [2.05, 4.69) is 0 Å². The standard InChI is InChI=1S/C12H19NO5S/c1-9-12(7-11(8-14)18-9)19(15,16)13(5-6-17-2)10-3-4-10/h7,10,14H,3-6,8H2,1-2H3. The molecule has 0 aromatic carbocycles. The van der Waals surface area contributed by atoms with Gasteiger partial charge >= 0.3 is 0 Å². The minimum Gasteiger partial charge on any atom is -0.462 e. The molecule has 0 atom stereocenters. The van der Waals surface area contributed by atoms with E-state index in [1.165, 1.54) is 10.4 Å². The van der Waals surface area contributed by atoms with Crippen LogP contribution in [0.5, 0.6) is 0 Å². The lowest BCUT2D eigenvalue weighted by Crippen LogP contribution is -2.35. The van der Waals surface area contributed by atoms with Gasteiger partial charge in [0.05, 0.1) is 6.61 Å². The molecule has 19 heavy (non-hydrogen) atoms. The van der Waals surface area contributed by atoms with Crippen LogP contribution in [0.2, 0.25) is 0 Å². The van der Waals surface area contributed by atoms with Gasteiger partial charge < -0.3 is 14.3 Å². The lowest BCUT2D eigenvalue weighted by atomic mass is 10.4. The summed E-state index contributed by atoms with van der Waals surface area (Å²) in [6, 6.07) is 1.46. The van der Waals surface area contributed by atoms with Crippen molar-refractivity contribution >= 4 is 10.0 Å². The summed E-state index contributed by atoms with van der Waals surface area (Å²) < 4.78 is 36.9. The van der Waals surface area contributed by atoms with E-state index in [4.69, 9.17) is 14.3 Å². The van der Waals surface area contributed by atoms with Crippen molar-refractivity contribution in [2.24, 2.45) is 0 Å². The lowest BCUT2D eigenvalue weighted by Gasteiger charge is -2.20. The van der Waals surface area contributed by atoms with Gasteiger partial charge in [0.15, 0.2) is 0 Å². The highest BCUT2D eigenvalue weighted by Gasteiger charge is 2.39. The summed E-state index contributed by atoms with van der Waals surface area (Å²) in [7, 11) is -2.04. The molecular weight excluding hydrogens is 270 g/mol. The molecule has 1 aliphatic rings. The zero-order valence-electron chi connectivity index (χ0n) is 11.1. The number of hydrogen-bond donors (Lipinski definition) is 1. The summed E-state index contributed by atoms with van der Waals surface area (Å²) in [6.45, 7) is 1.98. The summed E-state index contributed by atoms with van der Waals surface area (Å²) in [6.07, 6.45) is 1.76. The normalized spacial score (nSPS) is 16.2. The SMILES string of the molecule is COCCN(C1CC1)S(=O)(=O)c1cc(CO)oc1C. The molecule has 0 radical (unpaired) electrons. The molecule has 1 N–H and O–H groups in total. The number of aliphatic hydroxyl groups is 1. The smallest absolute Gasteiger partial charge is 0.246 e. The van der Waals surface area contributed by atoms with E-state index in [1.54, 1.807) is 14.0 Å². The quantitative estimate of drug-likeness (QED) is 0.806. The van der Waals surface area contributed by atoms with Gasteiger partial charge in [-0.1, -0.05) is 0 Å². The second-order valence-corrected chi connectivity index (χ2v) is 6.49. The Morgan fingerprint density at radius 2 is 2.21 bits per heavy atom. The molecule has 1 aromatic rings. The maximum atomic E-state index is 12.6. The van der Waals surface area contributed by atoms with E-state index < -0.39 is 10.0 Å². The van der Waals surface area contributed by atoms with Gasteiger partial charge in [-0.2, -0.15) is 4.31 Å². The molecule has 2 rings (SSSR count). The van der Waals surface area contributed by atoms with E-state index >= 15 is 0 Å². The third kappa shape index (κ3) is 3.00. The van der Waals surface area contributed by atoms with Crippen molar-refractivity contribution in [3.8, 4) is 0 Å². The number of ether oxygens (including phenoxy) is 1. The van der Waals surface area contributed by atoms with Crippen LogP contribution >= 0.6 is 0 Å². The second-order valence-electron chi connectivity index (χ2n) is 4.63. The number of furan rings is 1. The Morgan fingerprint density at radius 1 is 1.53 bits per heavy atom. The van der Waals surface area contributed by atoms with Crippen LogP contribution in [0.1, 0.15) is 24.4 Å². The number of nitrogens with zero attached hydrogens (tertiary/aromatic N) is 1. The van der Waals surface area contributed by atoms with Gasteiger partial charge in [0.1, 0.15) is 23.0 Å². The van der Waals surface area contributed by atoms with E-state index in [0.717, 1.165) is 12.8 Å². The molecule has 0 saturated heterocycles. The van der Waals surface area contributed by atoms with Crippen molar-refractivity contribution in [2.75, 3.05) is 20.3 Å². The first-order valence-corrected chi connectivity index (χ1v) is 7.65. The zero-order valence-corrected chi connectivity index (χ0v) is 11.9. The van der Waals surface area contributed by atoms with Crippen LogP contribution in [0.4, 0.5) is 0 Å². The van der Waals surface area contributed by atoms with Crippen LogP contribution in [-0.4, -0.2) is 44.1 Å². The van der Waals surface area contributed by atoms with Crippen LogP contribution in [0.3, 0.4) is 0 Å². The fourth-order valence-electron chi connectivity index (χ4n) is 2.03. The Bertz CT molecular complexity index is 532. The molecule has 0 bridgehead atoms. The van der Waals surface area contributed by atoms with Gasteiger partial charge in [0, 0.05) is 25.8 Å². The highest BCUT2D eigenvalue weighted by molar-refractivity contribution is 7.89. The molecule has 0 spiro atoms. The Kier molecular flexibility index (Phi) is 4.29. The molecule has 1 fully saturated rings. The highest BCUT2D eigenvalue weighted by Crippen LogP contribution is 2.33. The van der Waals surface area contributed by atoms with Crippen molar-refractivity contribution in [1.29, 1.82) is 0 Å². The molecule has 1 heterocycles. The molecule has 0 aliphatic heterocycles. The molecule has 1 saturated carbocycles. The minimum absolute atomic E-state index is 0.0621.